The second-order valence-corrected chi connectivity index (χ2v) is 9.57. The molecule has 7 nitrogen and oxygen atoms in total. The summed E-state index contributed by atoms with van der Waals surface area (Å²) in [4.78, 5) is 17.3. The molecular formula is C27H35N5O2. The van der Waals surface area contributed by atoms with E-state index in [1.165, 1.54) is 28.0 Å². The van der Waals surface area contributed by atoms with Crippen LogP contribution < -0.4 is 15.6 Å². The van der Waals surface area contributed by atoms with Crippen LogP contribution >= 0.6 is 0 Å². The van der Waals surface area contributed by atoms with Crippen molar-refractivity contribution in [2.45, 2.75) is 25.3 Å². The molecule has 7 heteroatoms. The molecule has 5 rings (SSSR count). The maximum atomic E-state index is 12.5. The number of amides is 2. The molecule has 2 saturated heterocycles. The van der Waals surface area contributed by atoms with E-state index in [0.29, 0.717) is 13.2 Å². The van der Waals surface area contributed by atoms with Gasteiger partial charge in [0.15, 0.2) is 0 Å². The number of hydrogen-bond donors (Lipinski definition) is 1. The Balaban J connectivity index is 1.38. The Morgan fingerprint density at radius 1 is 1.03 bits per heavy atom. The van der Waals surface area contributed by atoms with Crippen LogP contribution in [0.2, 0.25) is 0 Å². The maximum absolute atomic E-state index is 12.5. The number of urea groups is 1. The van der Waals surface area contributed by atoms with E-state index < -0.39 is 6.03 Å². The van der Waals surface area contributed by atoms with E-state index in [1.54, 1.807) is 5.01 Å². The lowest BCUT2D eigenvalue weighted by Crippen LogP contribution is -2.53. The van der Waals surface area contributed by atoms with Gasteiger partial charge in [-0.3, -0.25) is 0 Å². The van der Waals surface area contributed by atoms with Crippen LogP contribution in [0.25, 0.3) is 5.57 Å². The molecule has 0 atom stereocenters. The van der Waals surface area contributed by atoms with E-state index in [9.17, 15) is 4.79 Å². The summed E-state index contributed by atoms with van der Waals surface area (Å²) in [5.74, 6) is 0. The van der Waals surface area contributed by atoms with Gasteiger partial charge in [-0.1, -0.05) is 24.3 Å². The number of primary amides is 1. The quantitative estimate of drug-likeness (QED) is 0.692. The number of benzene rings is 2. The molecule has 180 valence electrons. The summed E-state index contributed by atoms with van der Waals surface area (Å²) < 4.78 is 5.50. The lowest BCUT2D eigenvalue weighted by atomic mass is 9.98. The second-order valence-electron chi connectivity index (χ2n) is 9.57. The molecule has 2 aliphatic heterocycles. The number of nitrogens with two attached hydrogens (primary N) is 1. The summed E-state index contributed by atoms with van der Waals surface area (Å²) in [5, 5.41) is 3.60. The number of allylic oxidation sites excluding steroid dienone is 1. The van der Waals surface area contributed by atoms with E-state index in [-0.39, 0.29) is 6.04 Å². The zero-order valence-corrected chi connectivity index (χ0v) is 20.2. The summed E-state index contributed by atoms with van der Waals surface area (Å²) in [6.07, 6.45) is 4.96. The molecule has 0 saturated carbocycles. The molecule has 2 amide bonds. The zero-order chi connectivity index (χ0) is 23.7. The SMILES string of the molecule is CN1CCN(c2ccc(C3=CCc4ccc(N(C(N)=O)N(C)C5CCOCC5)cc43)cc2)CC1. The molecule has 2 N–H and O–H groups in total. The van der Waals surface area contributed by atoms with Gasteiger partial charge in [0.05, 0.1) is 5.69 Å². The molecule has 1 aliphatic carbocycles. The maximum Gasteiger partial charge on any atom is 0.334 e. The summed E-state index contributed by atoms with van der Waals surface area (Å²) in [7, 11) is 4.13. The summed E-state index contributed by atoms with van der Waals surface area (Å²) >= 11 is 0. The van der Waals surface area contributed by atoms with Crippen molar-refractivity contribution in [3.63, 3.8) is 0 Å². The average molecular weight is 462 g/mol. The number of hydrogen-bond acceptors (Lipinski definition) is 5. The van der Waals surface area contributed by atoms with Crippen LogP contribution in [0.1, 0.15) is 29.5 Å². The van der Waals surface area contributed by atoms with Gasteiger partial charge in [-0.15, -0.1) is 0 Å². The van der Waals surface area contributed by atoms with Crippen LogP contribution in [0.5, 0.6) is 0 Å². The van der Waals surface area contributed by atoms with Crippen molar-refractivity contribution in [2.24, 2.45) is 5.73 Å². The van der Waals surface area contributed by atoms with Crippen molar-refractivity contribution in [3.05, 3.63) is 65.2 Å². The summed E-state index contributed by atoms with van der Waals surface area (Å²) in [6, 6.07) is 14.9. The molecule has 0 unspecified atom stereocenters. The molecule has 2 fully saturated rings. The van der Waals surface area contributed by atoms with E-state index in [2.05, 4.69) is 59.3 Å². The van der Waals surface area contributed by atoms with Crippen LogP contribution in [0.3, 0.4) is 0 Å². The number of ether oxygens (including phenoxy) is 1. The largest absolute Gasteiger partial charge is 0.381 e. The van der Waals surface area contributed by atoms with Gasteiger partial charge in [0, 0.05) is 58.2 Å². The molecule has 0 aromatic heterocycles. The first kappa shape index (κ1) is 22.9. The Kier molecular flexibility index (Phi) is 6.59. The van der Waals surface area contributed by atoms with Gasteiger partial charge in [-0.05, 0) is 72.8 Å². The highest BCUT2D eigenvalue weighted by Crippen LogP contribution is 2.36. The Bertz CT molecular complexity index is 1050. The number of piperazine rings is 1. The Morgan fingerprint density at radius 2 is 1.74 bits per heavy atom. The van der Waals surface area contributed by atoms with Crippen molar-refractivity contribution in [1.82, 2.24) is 9.91 Å². The molecule has 3 aliphatic rings. The van der Waals surface area contributed by atoms with Gasteiger partial charge in [0.1, 0.15) is 0 Å². The molecule has 2 heterocycles. The van der Waals surface area contributed by atoms with Crippen molar-refractivity contribution in [3.8, 4) is 0 Å². The van der Waals surface area contributed by atoms with E-state index in [4.69, 9.17) is 10.5 Å². The third kappa shape index (κ3) is 4.56. The van der Waals surface area contributed by atoms with Crippen molar-refractivity contribution < 1.29 is 9.53 Å². The van der Waals surface area contributed by atoms with Crippen LogP contribution in [0.15, 0.2) is 48.5 Å². The predicted octanol–water partition coefficient (Wildman–Crippen LogP) is 3.34. The standard InChI is InChI=1S/C27H35N5O2/c1-29-13-15-31(16-14-29)23-7-3-20(4-8-23)25-10-6-21-5-9-24(19-26(21)25)32(27(28)33)30(2)22-11-17-34-18-12-22/h3-5,7-10,19,22H,6,11-18H2,1-2H3,(H2,28,33). The predicted molar refractivity (Wildman–Crippen MR) is 137 cm³/mol. The van der Waals surface area contributed by atoms with Gasteiger partial charge in [0.2, 0.25) is 0 Å². The van der Waals surface area contributed by atoms with E-state index >= 15 is 0 Å². The number of anilines is 2. The normalized spacial score (nSPS) is 19.3. The molecule has 34 heavy (non-hydrogen) atoms. The van der Waals surface area contributed by atoms with Gasteiger partial charge in [-0.25, -0.2) is 14.8 Å². The fraction of sp³-hybridized carbons (Fsp3) is 0.444. The van der Waals surface area contributed by atoms with Crippen molar-refractivity contribution in [1.29, 1.82) is 0 Å². The third-order valence-electron chi connectivity index (χ3n) is 7.44. The van der Waals surface area contributed by atoms with Gasteiger partial charge >= 0.3 is 6.03 Å². The lowest BCUT2D eigenvalue weighted by molar-refractivity contribution is 0.0420. The summed E-state index contributed by atoms with van der Waals surface area (Å²) in [6.45, 7) is 5.75. The molecular weight excluding hydrogens is 426 g/mol. The Hall–Kier alpha value is -2.87. The first-order valence-electron chi connectivity index (χ1n) is 12.3. The summed E-state index contributed by atoms with van der Waals surface area (Å²) in [5.41, 5.74) is 12.8. The minimum Gasteiger partial charge on any atom is -0.381 e. The molecule has 0 spiro atoms. The van der Waals surface area contributed by atoms with Gasteiger partial charge < -0.3 is 20.3 Å². The van der Waals surface area contributed by atoms with Crippen LogP contribution in [-0.4, -0.2) is 75.5 Å². The molecule has 0 radical (unpaired) electrons. The fourth-order valence-electron chi connectivity index (χ4n) is 5.32. The third-order valence-corrected chi connectivity index (χ3v) is 7.44. The highest BCUT2D eigenvalue weighted by Gasteiger charge is 2.28. The average Bonchev–Trinajstić information content (AvgIpc) is 3.28. The number of carbonyl (C=O) groups is 1. The fourth-order valence-corrected chi connectivity index (χ4v) is 5.32. The number of rotatable bonds is 5. The number of hydrazine groups is 1. The topological polar surface area (TPSA) is 65.3 Å². The minimum atomic E-state index is -0.464. The molecule has 0 bridgehead atoms. The van der Waals surface area contributed by atoms with Crippen LogP contribution in [0, 0.1) is 0 Å². The second kappa shape index (κ2) is 9.78. The first-order valence-corrected chi connectivity index (χ1v) is 12.3. The molecule has 2 aromatic rings. The van der Waals surface area contributed by atoms with E-state index in [0.717, 1.165) is 51.1 Å². The van der Waals surface area contributed by atoms with Gasteiger partial charge in [0.25, 0.3) is 0 Å². The highest BCUT2D eigenvalue weighted by molar-refractivity contribution is 5.92. The first-order chi connectivity index (χ1) is 16.5. The van der Waals surface area contributed by atoms with Crippen molar-refractivity contribution in [2.75, 3.05) is 63.4 Å². The lowest BCUT2D eigenvalue weighted by Gasteiger charge is -2.38. The number of carbonyl (C=O) groups excluding carboxylic acids is 1. The number of nitrogens with zero attached hydrogens (tertiary/aromatic N) is 4. The molecule has 2 aromatic carbocycles. The Morgan fingerprint density at radius 3 is 2.41 bits per heavy atom. The minimum absolute atomic E-state index is 0.228. The van der Waals surface area contributed by atoms with E-state index in [1.807, 2.05) is 18.1 Å². The highest BCUT2D eigenvalue weighted by atomic mass is 16.5. The number of likely N-dealkylation sites (N-methyl/N-ethyl adjacent to an activating group) is 1. The van der Waals surface area contributed by atoms with Crippen LogP contribution in [0.4, 0.5) is 16.2 Å². The van der Waals surface area contributed by atoms with Crippen molar-refractivity contribution >= 4 is 23.0 Å². The Labute approximate surface area is 202 Å². The monoisotopic (exact) mass is 461 g/mol. The smallest absolute Gasteiger partial charge is 0.334 e. The van der Waals surface area contributed by atoms with Gasteiger partial charge in [-0.2, -0.15) is 0 Å². The zero-order valence-electron chi connectivity index (χ0n) is 20.2. The number of fused-ring (bicyclic) bond motifs is 1. The van der Waals surface area contributed by atoms with Crippen LogP contribution in [-0.2, 0) is 11.2 Å².